The molecule has 0 saturated carbocycles. The molecule has 1 atom stereocenters. The van der Waals surface area contributed by atoms with E-state index in [0.29, 0.717) is 22.8 Å². The third-order valence-corrected chi connectivity index (χ3v) is 7.52. The van der Waals surface area contributed by atoms with Gasteiger partial charge in [0.1, 0.15) is 28.1 Å². The molecule has 4 rings (SSSR count). The zero-order valence-electron chi connectivity index (χ0n) is 17.9. The average molecular weight is 440 g/mol. The third-order valence-electron chi connectivity index (χ3n) is 5.86. The highest BCUT2D eigenvalue weighted by atomic mass is 32.2. The number of rotatable bonds is 5. The largest absolute Gasteiger partial charge is 0.497 e. The van der Waals surface area contributed by atoms with Gasteiger partial charge in [-0.15, -0.1) is 0 Å². The van der Waals surface area contributed by atoms with Crippen molar-refractivity contribution in [3.8, 4) is 28.4 Å². The van der Waals surface area contributed by atoms with Crippen LogP contribution in [0.3, 0.4) is 0 Å². The summed E-state index contributed by atoms with van der Waals surface area (Å²) in [6, 6.07) is 18.9. The van der Waals surface area contributed by atoms with Gasteiger partial charge in [0.25, 0.3) is 0 Å². The summed E-state index contributed by atoms with van der Waals surface area (Å²) < 4.78 is 40.7. The lowest BCUT2D eigenvalue weighted by molar-refractivity contribution is 0.241. The number of fused-ring (bicyclic) bond motifs is 3. The minimum absolute atomic E-state index is 0.457. The Labute approximate surface area is 182 Å². The number of benzene rings is 3. The number of sulfonamides is 1. The number of primary sulfonamides is 1. The van der Waals surface area contributed by atoms with E-state index in [0.717, 1.165) is 22.3 Å². The van der Waals surface area contributed by atoms with E-state index in [1.165, 1.54) is 0 Å². The second-order valence-electron chi connectivity index (χ2n) is 7.97. The van der Waals surface area contributed by atoms with Gasteiger partial charge in [-0.25, -0.2) is 13.6 Å². The molecule has 2 N–H and O–H groups in total. The Morgan fingerprint density at radius 3 is 2.39 bits per heavy atom. The van der Waals surface area contributed by atoms with E-state index < -0.39 is 20.9 Å². The van der Waals surface area contributed by atoms with Gasteiger partial charge in [0.15, 0.2) is 0 Å². The summed E-state index contributed by atoms with van der Waals surface area (Å²) in [5.74, 6) is 2.08. The quantitative estimate of drug-likeness (QED) is 0.638. The van der Waals surface area contributed by atoms with Crippen molar-refractivity contribution in [2.75, 3.05) is 14.2 Å². The van der Waals surface area contributed by atoms with Gasteiger partial charge in [0.2, 0.25) is 10.0 Å². The van der Waals surface area contributed by atoms with E-state index in [1.807, 2.05) is 54.6 Å². The van der Waals surface area contributed by atoms with E-state index in [4.69, 9.17) is 19.3 Å². The van der Waals surface area contributed by atoms with Gasteiger partial charge in [0, 0.05) is 11.1 Å². The van der Waals surface area contributed by atoms with Gasteiger partial charge in [-0.05, 0) is 55.3 Å². The van der Waals surface area contributed by atoms with E-state index in [9.17, 15) is 8.42 Å². The summed E-state index contributed by atoms with van der Waals surface area (Å²) in [7, 11) is -0.608. The summed E-state index contributed by atoms with van der Waals surface area (Å²) in [5.41, 5.74) is 4.06. The average Bonchev–Trinajstić information content (AvgIpc) is 2.76. The first-order chi connectivity index (χ1) is 14.7. The molecule has 0 saturated heterocycles. The third kappa shape index (κ3) is 3.54. The number of ether oxygens (including phenoxy) is 3. The van der Waals surface area contributed by atoms with Crippen molar-refractivity contribution in [2.24, 2.45) is 5.14 Å². The van der Waals surface area contributed by atoms with E-state index in [-0.39, 0.29) is 0 Å². The summed E-state index contributed by atoms with van der Waals surface area (Å²) in [6.07, 6.45) is -0.457. The van der Waals surface area contributed by atoms with Crippen molar-refractivity contribution in [1.82, 2.24) is 0 Å². The van der Waals surface area contributed by atoms with Gasteiger partial charge in [-0.3, -0.25) is 0 Å². The smallest absolute Gasteiger partial charge is 0.218 e. The Hall–Kier alpha value is -3.03. The Bertz CT molecular complexity index is 1250. The predicted molar refractivity (Wildman–Crippen MR) is 120 cm³/mol. The lowest BCUT2D eigenvalue weighted by Gasteiger charge is -2.32. The highest BCUT2D eigenvalue weighted by Crippen LogP contribution is 2.50. The lowest BCUT2D eigenvalue weighted by atomic mass is 9.86. The van der Waals surface area contributed by atoms with Crippen LogP contribution in [0.2, 0.25) is 0 Å². The maximum absolute atomic E-state index is 12.3. The molecule has 0 spiro atoms. The van der Waals surface area contributed by atoms with Crippen molar-refractivity contribution < 1.29 is 22.6 Å². The molecule has 31 heavy (non-hydrogen) atoms. The number of hydrogen-bond donors (Lipinski definition) is 1. The van der Waals surface area contributed by atoms with E-state index in [2.05, 4.69) is 0 Å². The SMILES string of the molecule is COc1cccc(C2Oc3cccc(OC)c3-c3ccc(C(C)(C)S(N)(=O)=O)cc32)c1. The van der Waals surface area contributed by atoms with Gasteiger partial charge < -0.3 is 14.2 Å². The topological polar surface area (TPSA) is 87.8 Å². The molecule has 0 aromatic heterocycles. The second-order valence-corrected chi connectivity index (χ2v) is 10.1. The fourth-order valence-corrected chi connectivity index (χ4v) is 4.29. The molecule has 162 valence electrons. The van der Waals surface area contributed by atoms with E-state index in [1.54, 1.807) is 34.1 Å². The molecule has 3 aromatic rings. The van der Waals surface area contributed by atoms with Crippen LogP contribution in [0.5, 0.6) is 17.2 Å². The second kappa shape index (κ2) is 7.59. The molecule has 0 radical (unpaired) electrons. The number of nitrogens with two attached hydrogens (primary N) is 1. The van der Waals surface area contributed by atoms with Gasteiger partial charge >= 0.3 is 0 Å². The molecule has 0 fully saturated rings. The zero-order chi connectivity index (χ0) is 22.4. The summed E-state index contributed by atoms with van der Waals surface area (Å²) >= 11 is 0. The van der Waals surface area contributed by atoms with Crippen LogP contribution >= 0.6 is 0 Å². The molecule has 1 heterocycles. The highest BCUT2D eigenvalue weighted by molar-refractivity contribution is 7.90. The Balaban J connectivity index is 1.98. The maximum atomic E-state index is 12.3. The molecular weight excluding hydrogens is 414 g/mol. The zero-order valence-corrected chi connectivity index (χ0v) is 18.7. The van der Waals surface area contributed by atoms with Crippen LogP contribution in [0.15, 0.2) is 60.7 Å². The molecule has 0 aliphatic carbocycles. The van der Waals surface area contributed by atoms with Crippen LogP contribution in [0.1, 0.15) is 36.6 Å². The fourth-order valence-electron chi connectivity index (χ4n) is 3.83. The Kier molecular flexibility index (Phi) is 5.19. The normalized spacial score (nSPS) is 15.5. The molecule has 0 amide bonds. The monoisotopic (exact) mass is 439 g/mol. The van der Waals surface area contributed by atoms with Crippen LogP contribution < -0.4 is 19.3 Å². The van der Waals surface area contributed by atoms with Crippen molar-refractivity contribution >= 4 is 10.0 Å². The first kappa shape index (κ1) is 21.2. The summed E-state index contributed by atoms with van der Waals surface area (Å²) in [6.45, 7) is 3.20. The van der Waals surface area contributed by atoms with Crippen molar-refractivity contribution in [3.05, 3.63) is 77.4 Å². The van der Waals surface area contributed by atoms with E-state index >= 15 is 0 Å². The first-order valence-electron chi connectivity index (χ1n) is 9.82. The van der Waals surface area contributed by atoms with Crippen molar-refractivity contribution in [1.29, 1.82) is 0 Å². The Morgan fingerprint density at radius 2 is 1.71 bits per heavy atom. The lowest BCUT2D eigenvalue weighted by Crippen LogP contribution is -2.35. The fraction of sp³-hybridized carbons (Fsp3) is 0.250. The molecule has 0 bridgehead atoms. The molecular formula is C24H25NO5S. The minimum atomic E-state index is -3.83. The van der Waals surface area contributed by atoms with Crippen molar-refractivity contribution in [2.45, 2.75) is 24.7 Å². The predicted octanol–water partition coefficient (Wildman–Crippen LogP) is 4.38. The highest BCUT2D eigenvalue weighted by Gasteiger charge is 2.36. The maximum Gasteiger partial charge on any atom is 0.218 e. The van der Waals surface area contributed by atoms with Gasteiger partial charge in [-0.1, -0.05) is 30.3 Å². The summed E-state index contributed by atoms with van der Waals surface area (Å²) in [5, 5.41) is 5.53. The Morgan fingerprint density at radius 1 is 0.968 bits per heavy atom. The molecule has 1 aliphatic heterocycles. The standard InChI is InChI=1S/C24H25NO5S/c1-24(2,31(25,26)27)16-11-12-18-19(14-16)23(15-7-5-8-17(13-15)28-3)30-21-10-6-9-20(29-4)22(18)21/h5-14,23H,1-4H3,(H2,25,26,27). The first-order valence-corrected chi connectivity index (χ1v) is 11.4. The van der Waals surface area contributed by atoms with Gasteiger partial charge in [0.05, 0.1) is 19.8 Å². The molecule has 3 aromatic carbocycles. The van der Waals surface area contributed by atoms with Crippen molar-refractivity contribution in [3.63, 3.8) is 0 Å². The van der Waals surface area contributed by atoms with Crippen LogP contribution in [0.4, 0.5) is 0 Å². The van der Waals surface area contributed by atoms with Crippen LogP contribution in [-0.4, -0.2) is 22.6 Å². The van der Waals surface area contributed by atoms with Crippen LogP contribution in [-0.2, 0) is 14.8 Å². The molecule has 7 heteroatoms. The van der Waals surface area contributed by atoms with Gasteiger partial charge in [-0.2, -0.15) is 0 Å². The van der Waals surface area contributed by atoms with Crippen LogP contribution in [0.25, 0.3) is 11.1 Å². The van der Waals surface area contributed by atoms with Crippen LogP contribution in [0, 0.1) is 0 Å². The molecule has 6 nitrogen and oxygen atoms in total. The molecule has 1 unspecified atom stereocenters. The number of hydrogen-bond acceptors (Lipinski definition) is 5. The minimum Gasteiger partial charge on any atom is -0.497 e. The molecule has 1 aliphatic rings. The summed E-state index contributed by atoms with van der Waals surface area (Å²) in [4.78, 5) is 0. The number of methoxy groups -OCH3 is 2.